The molecule has 1 aromatic carbocycles. The number of hydrogen-bond donors (Lipinski definition) is 3. The first-order chi connectivity index (χ1) is 9.33. The van der Waals surface area contributed by atoms with E-state index in [2.05, 4.69) is 25.8 Å². The fourth-order valence-electron chi connectivity index (χ4n) is 2.19. The Kier molecular flexibility index (Phi) is 3.14. The van der Waals surface area contributed by atoms with Gasteiger partial charge in [-0.3, -0.25) is 9.89 Å². The number of H-pyrrole nitrogens is 1. The number of rotatable bonds is 4. The van der Waals surface area contributed by atoms with Crippen LogP contribution in [0, 0.1) is 0 Å². The summed E-state index contributed by atoms with van der Waals surface area (Å²) in [6.07, 6.45) is 3.09. The summed E-state index contributed by atoms with van der Waals surface area (Å²) in [5.41, 5.74) is 3.06. The lowest BCUT2D eigenvalue weighted by molar-refractivity contribution is 0.0954. The van der Waals surface area contributed by atoms with Gasteiger partial charge in [0.2, 0.25) is 0 Å². The fourth-order valence-corrected chi connectivity index (χ4v) is 2.19. The molecule has 1 aliphatic heterocycles. The predicted molar refractivity (Wildman–Crippen MR) is 71.1 cm³/mol. The van der Waals surface area contributed by atoms with Crippen LogP contribution in [0.25, 0.3) is 0 Å². The fraction of sp³-hybridized carbons (Fsp3) is 0.308. The average Bonchev–Trinajstić information content (AvgIpc) is 3.08. The van der Waals surface area contributed by atoms with Gasteiger partial charge in [0, 0.05) is 30.8 Å². The van der Waals surface area contributed by atoms with Crippen molar-refractivity contribution in [2.75, 3.05) is 18.4 Å². The summed E-state index contributed by atoms with van der Waals surface area (Å²) in [6.45, 7) is 1.50. The summed E-state index contributed by atoms with van der Waals surface area (Å²) in [4.78, 5) is 16.0. The van der Waals surface area contributed by atoms with E-state index in [1.807, 2.05) is 18.2 Å². The molecule has 1 aromatic heterocycles. The highest BCUT2D eigenvalue weighted by molar-refractivity contribution is 5.95. The highest BCUT2D eigenvalue weighted by Gasteiger charge is 2.13. The largest absolute Gasteiger partial charge is 0.384 e. The molecule has 0 aliphatic carbocycles. The Morgan fingerprint density at radius 1 is 1.42 bits per heavy atom. The number of aromatic amines is 1. The van der Waals surface area contributed by atoms with Crippen molar-refractivity contribution in [3.05, 3.63) is 41.5 Å². The van der Waals surface area contributed by atoms with Crippen LogP contribution in [0.2, 0.25) is 0 Å². The van der Waals surface area contributed by atoms with Crippen molar-refractivity contribution in [3.8, 4) is 0 Å². The minimum absolute atomic E-state index is 0.0470. The van der Waals surface area contributed by atoms with E-state index in [1.165, 1.54) is 11.9 Å². The molecule has 2 heterocycles. The van der Waals surface area contributed by atoms with E-state index in [-0.39, 0.29) is 5.91 Å². The van der Waals surface area contributed by atoms with Gasteiger partial charge in [-0.05, 0) is 30.2 Å². The minimum atomic E-state index is -0.0470. The smallest absolute Gasteiger partial charge is 0.251 e. The van der Waals surface area contributed by atoms with E-state index in [4.69, 9.17) is 0 Å². The Balaban J connectivity index is 1.58. The van der Waals surface area contributed by atoms with Gasteiger partial charge in [-0.2, -0.15) is 5.10 Å². The maximum Gasteiger partial charge on any atom is 0.251 e. The van der Waals surface area contributed by atoms with Gasteiger partial charge in [0.05, 0.1) is 0 Å². The third kappa shape index (κ3) is 2.57. The lowest BCUT2D eigenvalue weighted by Gasteiger charge is -2.06. The molecule has 0 spiro atoms. The number of benzene rings is 1. The van der Waals surface area contributed by atoms with Crippen LogP contribution in [0.3, 0.4) is 0 Å². The Morgan fingerprint density at radius 3 is 3.21 bits per heavy atom. The van der Waals surface area contributed by atoms with Crippen LogP contribution < -0.4 is 10.6 Å². The van der Waals surface area contributed by atoms with Crippen molar-refractivity contribution in [2.45, 2.75) is 12.8 Å². The van der Waals surface area contributed by atoms with Gasteiger partial charge in [-0.25, -0.2) is 4.98 Å². The van der Waals surface area contributed by atoms with Crippen molar-refractivity contribution < 1.29 is 4.79 Å². The normalized spacial score (nSPS) is 12.8. The van der Waals surface area contributed by atoms with Crippen LogP contribution in [0.15, 0.2) is 24.5 Å². The third-order valence-corrected chi connectivity index (χ3v) is 3.19. The van der Waals surface area contributed by atoms with E-state index in [0.29, 0.717) is 18.5 Å². The van der Waals surface area contributed by atoms with Gasteiger partial charge in [0.1, 0.15) is 12.2 Å². The number of aromatic nitrogens is 3. The standard InChI is InChI=1S/C13H15N5O/c19-13(15-6-4-12-16-8-17-18-12)10-1-2-11-9(7-10)3-5-14-11/h1-2,7-8,14H,3-6H2,(H,15,19)(H,16,17,18). The summed E-state index contributed by atoms with van der Waals surface area (Å²) in [5.74, 6) is 0.729. The van der Waals surface area contributed by atoms with Crippen LogP contribution >= 0.6 is 0 Å². The summed E-state index contributed by atoms with van der Waals surface area (Å²) >= 11 is 0. The van der Waals surface area contributed by atoms with Crippen LogP contribution in [-0.2, 0) is 12.8 Å². The van der Waals surface area contributed by atoms with E-state index < -0.39 is 0 Å². The lowest BCUT2D eigenvalue weighted by Crippen LogP contribution is -2.26. The van der Waals surface area contributed by atoms with Crippen LogP contribution in [0.1, 0.15) is 21.7 Å². The maximum absolute atomic E-state index is 12.0. The number of carbonyl (C=O) groups excluding carboxylic acids is 1. The molecule has 0 saturated heterocycles. The van der Waals surface area contributed by atoms with Crippen molar-refractivity contribution in [3.63, 3.8) is 0 Å². The Morgan fingerprint density at radius 2 is 2.37 bits per heavy atom. The predicted octanol–water partition coefficient (Wildman–Crippen LogP) is 0.745. The zero-order valence-corrected chi connectivity index (χ0v) is 10.4. The van der Waals surface area contributed by atoms with Gasteiger partial charge in [-0.1, -0.05) is 0 Å². The third-order valence-electron chi connectivity index (χ3n) is 3.19. The molecule has 3 rings (SSSR count). The molecule has 0 fully saturated rings. The first-order valence-corrected chi connectivity index (χ1v) is 6.32. The SMILES string of the molecule is O=C(NCCc1ncn[nH]1)c1ccc2c(c1)CCN2. The minimum Gasteiger partial charge on any atom is -0.384 e. The molecule has 0 atom stereocenters. The van der Waals surface area contributed by atoms with Gasteiger partial charge in [0.15, 0.2) is 0 Å². The zero-order valence-electron chi connectivity index (χ0n) is 10.4. The lowest BCUT2D eigenvalue weighted by atomic mass is 10.1. The van der Waals surface area contributed by atoms with E-state index in [1.54, 1.807) is 0 Å². The van der Waals surface area contributed by atoms with Crippen molar-refractivity contribution in [1.29, 1.82) is 0 Å². The van der Waals surface area contributed by atoms with Crippen molar-refractivity contribution in [1.82, 2.24) is 20.5 Å². The summed E-state index contributed by atoms with van der Waals surface area (Å²) in [6, 6.07) is 5.77. The van der Waals surface area contributed by atoms with Crippen LogP contribution in [0.5, 0.6) is 0 Å². The Bertz CT molecular complexity index is 579. The number of carbonyl (C=O) groups is 1. The maximum atomic E-state index is 12.0. The van der Waals surface area contributed by atoms with Gasteiger partial charge in [0.25, 0.3) is 5.91 Å². The highest BCUT2D eigenvalue weighted by Crippen LogP contribution is 2.22. The second kappa shape index (κ2) is 5.09. The number of fused-ring (bicyclic) bond motifs is 1. The number of nitrogens with one attached hydrogen (secondary N) is 3. The number of hydrogen-bond acceptors (Lipinski definition) is 4. The zero-order chi connectivity index (χ0) is 13.1. The quantitative estimate of drug-likeness (QED) is 0.754. The van der Waals surface area contributed by atoms with E-state index in [9.17, 15) is 4.79 Å². The number of amides is 1. The van der Waals surface area contributed by atoms with Crippen molar-refractivity contribution in [2.24, 2.45) is 0 Å². The first-order valence-electron chi connectivity index (χ1n) is 6.32. The molecule has 19 heavy (non-hydrogen) atoms. The van der Waals surface area contributed by atoms with Crippen molar-refractivity contribution >= 4 is 11.6 Å². The molecule has 0 saturated carbocycles. The molecule has 2 aromatic rings. The molecular weight excluding hydrogens is 242 g/mol. The highest BCUT2D eigenvalue weighted by atomic mass is 16.1. The molecule has 98 valence electrons. The van der Waals surface area contributed by atoms with E-state index in [0.717, 1.165) is 24.5 Å². The molecule has 3 N–H and O–H groups in total. The Hall–Kier alpha value is -2.37. The second-order valence-electron chi connectivity index (χ2n) is 4.49. The molecule has 0 bridgehead atoms. The Labute approximate surface area is 110 Å². The van der Waals surface area contributed by atoms with Crippen LogP contribution in [0.4, 0.5) is 5.69 Å². The van der Waals surface area contributed by atoms with Gasteiger partial charge in [-0.15, -0.1) is 0 Å². The van der Waals surface area contributed by atoms with Gasteiger partial charge >= 0.3 is 0 Å². The second-order valence-corrected chi connectivity index (χ2v) is 4.49. The van der Waals surface area contributed by atoms with Gasteiger partial charge < -0.3 is 10.6 Å². The number of nitrogens with zero attached hydrogens (tertiary/aromatic N) is 2. The number of anilines is 1. The molecule has 6 heteroatoms. The average molecular weight is 257 g/mol. The molecule has 0 unspecified atom stereocenters. The first kappa shape index (κ1) is 11.7. The summed E-state index contributed by atoms with van der Waals surface area (Å²) in [7, 11) is 0. The van der Waals surface area contributed by atoms with Crippen LogP contribution in [-0.4, -0.2) is 34.2 Å². The molecule has 6 nitrogen and oxygen atoms in total. The monoisotopic (exact) mass is 257 g/mol. The summed E-state index contributed by atoms with van der Waals surface area (Å²) in [5, 5.41) is 12.7. The molecule has 0 radical (unpaired) electrons. The topological polar surface area (TPSA) is 82.7 Å². The summed E-state index contributed by atoms with van der Waals surface area (Å²) < 4.78 is 0. The molecule has 1 amide bonds. The van der Waals surface area contributed by atoms with E-state index >= 15 is 0 Å². The molecular formula is C13H15N5O. The molecule has 1 aliphatic rings.